The van der Waals surface area contributed by atoms with Crippen molar-refractivity contribution in [1.82, 2.24) is 0 Å². The maximum atomic E-state index is 13.4. The number of anilines is 2. The first-order valence-corrected chi connectivity index (χ1v) is 4.48. The van der Waals surface area contributed by atoms with Gasteiger partial charge in [-0.2, -0.15) is 0 Å². The molecule has 1 amide bonds. The van der Waals surface area contributed by atoms with Gasteiger partial charge < -0.3 is 10.2 Å². The first-order chi connectivity index (χ1) is 6.68. The van der Waals surface area contributed by atoms with Gasteiger partial charge in [-0.25, -0.2) is 4.39 Å². The number of halogens is 1. The van der Waals surface area contributed by atoms with Crippen LogP contribution in [0.25, 0.3) is 0 Å². The Balaban J connectivity index is 2.52. The molecule has 14 heavy (non-hydrogen) atoms. The molecule has 2 rings (SSSR count). The van der Waals surface area contributed by atoms with E-state index < -0.39 is 0 Å². The smallest absolute Gasteiger partial charge is 0.226 e. The fourth-order valence-electron chi connectivity index (χ4n) is 1.55. The van der Waals surface area contributed by atoms with E-state index in [0.717, 1.165) is 5.69 Å². The van der Waals surface area contributed by atoms with Crippen LogP contribution in [0.4, 0.5) is 15.8 Å². The lowest BCUT2D eigenvalue weighted by atomic mass is 10.2. The molecule has 0 fully saturated rings. The average molecular weight is 194 g/mol. The Morgan fingerprint density at radius 3 is 3.07 bits per heavy atom. The van der Waals surface area contributed by atoms with Gasteiger partial charge in [0.25, 0.3) is 0 Å². The van der Waals surface area contributed by atoms with E-state index in [4.69, 9.17) is 0 Å². The zero-order chi connectivity index (χ0) is 10.1. The van der Waals surface area contributed by atoms with E-state index in [-0.39, 0.29) is 17.4 Å². The molecule has 1 aliphatic rings. The summed E-state index contributed by atoms with van der Waals surface area (Å²) in [5.74, 6) is -0.523. The quantitative estimate of drug-likeness (QED) is 0.680. The van der Waals surface area contributed by atoms with E-state index in [1.165, 1.54) is 6.07 Å². The molecule has 0 unspecified atom stereocenters. The Kier molecular flexibility index (Phi) is 2.11. The second-order valence-electron chi connectivity index (χ2n) is 3.35. The van der Waals surface area contributed by atoms with Gasteiger partial charge in [0.15, 0.2) is 0 Å². The van der Waals surface area contributed by atoms with Crippen LogP contribution in [0.5, 0.6) is 0 Å². The van der Waals surface area contributed by atoms with Crippen LogP contribution in [0, 0.1) is 5.82 Å². The molecule has 74 valence electrons. The molecule has 1 aromatic carbocycles. The summed E-state index contributed by atoms with van der Waals surface area (Å²) in [6, 6.07) is 4.78. The van der Waals surface area contributed by atoms with Crippen molar-refractivity contribution in [2.75, 3.05) is 23.8 Å². The molecular weight excluding hydrogens is 183 g/mol. The van der Waals surface area contributed by atoms with E-state index in [1.807, 2.05) is 11.9 Å². The van der Waals surface area contributed by atoms with Crippen LogP contribution in [0.1, 0.15) is 6.42 Å². The maximum absolute atomic E-state index is 13.4. The Labute approximate surface area is 81.5 Å². The number of para-hydroxylation sites is 1. The monoisotopic (exact) mass is 194 g/mol. The van der Waals surface area contributed by atoms with Crippen LogP contribution < -0.4 is 10.2 Å². The van der Waals surface area contributed by atoms with Crippen LogP contribution >= 0.6 is 0 Å². The minimum atomic E-state index is -0.385. The van der Waals surface area contributed by atoms with Gasteiger partial charge in [0.05, 0.1) is 5.69 Å². The molecule has 0 atom stereocenters. The van der Waals surface area contributed by atoms with Crippen molar-refractivity contribution in [3.8, 4) is 0 Å². The highest BCUT2D eigenvalue weighted by molar-refractivity contribution is 5.96. The van der Waals surface area contributed by atoms with Crippen molar-refractivity contribution in [3.63, 3.8) is 0 Å². The molecule has 0 spiro atoms. The highest BCUT2D eigenvalue weighted by atomic mass is 19.1. The fourth-order valence-corrected chi connectivity index (χ4v) is 1.55. The number of rotatable bonds is 0. The lowest BCUT2D eigenvalue weighted by Gasteiger charge is -2.18. The Morgan fingerprint density at radius 2 is 2.29 bits per heavy atom. The molecule has 3 nitrogen and oxygen atoms in total. The summed E-state index contributed by atoms with van der Waals surface area (Å²) in [5, 5.41) is 2.57. The average Bonchev–Trinajstić information content (AvgIpc) is 2.30. The molecule has 1 N–H and O–H groups in total. The molecule has 0 aliphatic carbocycles. The van der Waals surface area contributed by atoms with Crippen LogP contribution in [-0.4, -0.2) is 19.5 Å². The fraction of sp³-hybridized carbons (Fsp3) is 0.300. The molecule has 0 saturated heterocycles. The second kappa shape index (κ2) is 3.29. The number of hydrogen-bond acceptors (Lipinski definition) is 2. The van der Waals surface area contributed by atoms with E-state index >= 15 is 0 Å². The van der Waals surface area contributed by atoms with Gasteiger partial charge in [0.1, 0.15) is 11.5 Å². The summed E-state index contributed by atoms with van der Waals surface area (Å²) in [4.78, 5) is 13.1. The standard InChI is InChI=1S/C10H11FN2O/c1-13-6-5-9(14)12-10-7(11)3-2-4-8(10)13/h2-4H,5-6H2,1H3,(H,12,14). The minimum absolute atomic E-state index is 0.138. The normalized spacial score (nSPS) is 15.9. The van der Waals surface area contributed by atoms with Crippen LogP contribution in [-0.2, 0) is 4.79 Å². The molecular formula is C10H11FN2O. The van der Waals surface area contributed by atoms with Gasteiger partial charge in [-0.05, 0) is 12.1 Å². The first kappa shape index (κ1) is 8.99. The largest absolute Gasteiger partial charge is 0.372 e. The Hall–Kier alpha value is -1.58. The Bertz CT molecular complexity index is 378. The van der Waals surface area contributed by atoms with Gasteiger partial charge in [-0.15, -0.1) is 0 Å². The molecule has 0 aromatic heterocycles. The van der Waals surface area contributed by atoms with Gasteiger partial charge >= 0.3 is 0 Å². The molecule has 1 aromatic rings. The topological polar surface area (TPSA) is 32.3 Å². The lowest BCUT2D eigenvalue weighted by Crippen LogP contribution is -2.18. The summed E-state index contributed by atoms with van der Waals surface area (Å²) in [6.07, 6.45) is 0.393. The van der Waals surface area contributed by atoms with E-state index in [9.17, 15) is 9.18 Å². The third kappa shape index (κ3) is 1.43. The molecule has 4 heteroatoms. The third-order valence-electron chi connectivity index (χ3n) is 2.34. The van der Waals surface area contributed by atoms with Crippen molar-refractivity contribution in [2.45, 2.75) is 6.42 Å². The molecule has 1 aliphatic heterocycles. The maximum Gasteiger partial charge on any atom is 0.226 e. The predicted molar refractivity (Wildman–Crippen MR) is 52.9 cm³/mol. The first-order valence-electron chi connectivity index (χ1n) is 4.48. The van der Waals surface area contributed by atoms with Crippen molar-refractivity contribution in [2.24, 2.45) is 0 Å². The summed E-state index contributed by atoms with van der Waals surface area (Å²) < 4.78 is 13.4. The SMILES string of the molecule is CN1CCC(=O)Nc2c(F)cccc21. The van der Waals surface area contributed by atoms with Crippen LogP contribution in [0.15, 0.2) is 18.2 Å². The summed E-state index contributed by atoms with van der Waals surface area (Å²) in [6.45, 7) is 0.613. The number of carbonyl (C=O) groups excluding carboxylic acids is 1. The minimum Gasteiger partial charge on any atom is -0.372 e. The Morgan fingerprint density at radius 1 is 1.50 bits per heavy atom. The van der Waals surface area contributed by atoms with Crippen molar-refractivity contribution >= 4 is 17.3 Å². The highest BCUT2D eigenvalue weighted by Gasteiger charge is 2.18. The number of fused-ring (bicyclic) bond motifs is 1. The summed E-state index contributed by atoms with van der Waals surface area (Å²) in [7, 11) is 1.85. The van der Waals surface area contributed by atoms with Crippen molar-refractivity contribution in [1.29, 1.82) is 0 Å². The van der Waals surface area contributed by atoms with Crippen LogP contribution in [0.3, 0.4) is 0 Å². The number of nitrogens with one attached hydrogen (secondary N) is 1. The molecule has 0 saturated carbocycles. The van der Waals surface area contributed by atoms with E-state index in [2.05, 4.69) is 5.32 Å². The summed E-state index contributed by atoms with van der Waals surface area (Å²) >= 11 is 0. The predicted octanol–water partition coefficient (Wildman–Crippen LogP) is 1.60. The number of nitrogens with zero attached hydrogens (tertiary/aromatic N) is 1. The molecule has 0 bridgehead atoms. The molecule has 1 heterocycles. The van der Waals surface area contributed by atoms with Gasteiger partial charge in [0, 0.05) is 20.0 Å². The zero-order valence-electron chi connectivity index (χ0n) is 7.88. The number of carbonyl (C=O) groups is 1. The van der Waals surface area contributed by atoms with Crippen molar-refractivity contribution in [3.05, 3.63) is 24.0 Å². The second-order valence-corrected chi connectivity index (χ2v) is 3.35. The van der Waals surface area contributed by atoms with Crippen molar-refractivity contribution < 1.29 is 9.18 Å². The molecule has 0 radical (unpaired) electrons. The van der Waals surface area contributed by atoms with Gasteiger partial charge in [0.2, 0.25) is 5.91 Å². The number of benzene rings is 1. The zero-order valence-corrected chi connectivity index (χ0v) is 7.88. The van der Waals surface area contributed by atoms with Gasteiger partial charge in [-0.1, -0.05) is 6.07 Å². The van der Waals surface area contributed by atoms with E-state index in [1.54, 1.807) is 12.1 Å². The number of amides is 1. The van der Waals surface area contributed by atoms with Gasteiger partial charge in [-0.3, -0.25) is 4.79 Å². The van der Waals surface area contributed by atoms with E-state index in [0.29, 0.717) is 13.0 Å². The third-order valence-corrected chi connectivity index (χ3v) is 2.34. The summed E-state index contributed by atoms with van der Waals surface area (Å²) in [5.41, 5.74) is 1.02. The highest BCUT2D eigenvalue weighted by Crippen LogP contribution is 2.29. The lowest BCUT2D eigenvalue weighted by molar-refractivity contribution is -0.116. The van der Waals surface area contributed by atoms with Crippen LogP contribution in [0.2, 0.25) is 0 Å². The number of hydrogen-bond donors (Lipinski definition) is 1.